The zero-order valence-corrected chi connectivity index (χ0v) is 19.9. The standard InChI is InChI=1S/C26H25N7OS/c1-17(22-16-35-25(29-22)33-15-19-7-3-4-8-20(19)31-33)27-21-9-5-6-10-23(21)32-13-11-26(12-14-32)24(34)28-18(2)30-26/h3-10,15-16,27,30H,1-2,11-14H2,(H,28,34). The van der Waals surface area contributed by atoms with E-state index in [1.165, 1.54) is 11.3 Å². The number of nitrogens with one attached hydrogen (secondary N) is 3. The third-order valence-corrected chi connectivity index (χ3v) is 7.48. The summed E-state index contributed by atoms with van der Waals surface area (Å²) in [7, 11) is 0. The Bertz CT molecular complexity index is 1430. The number of amides is 1. The van der Waals surface area contributed by atoms with Crippen molar-refractivity contribution in [1.82, 2.24) is 25.4 Å². The maximum absolute atomic E-state index is 12.4. The van der Waals surface area contributed by atoms with E-state index in [1.807, 2.05) is 58.7 Å². The average molecular weight is 484 g/mol. The van der Waals surface area contributed by atoms with Crippen molar-refractivity contribution in [2.24, 2.45) is 0 Å². The molecular weight excluding hydrogens is 458 g/mol. The number of rotatable bonds is 5. The van der Waals surface area contributed by atoms with Gasteiger partial charge in [-0.1, -0.05) is 43.5 Å². The molecule has 2 fully saturated rings. The maximum atomic E-state index is 12.4. The summed E-state index contributed by atoms with van der Waals surface area (Å²) in [5.74, 6) is 0.610. The Labute approximate surface area is 207 Å². The summed E-state index contributed by atoms with van der Waals surface area (Å²) in [6.45, 7) is 9.61. The van der Waals surface area contributed by atoms with Crippen molar-refractivity contribution in [3.63, 3.8) is 0 Å². The van der Waals surface area contributed by atoms with Crippen LogP contribution in [0.5, 0.6) is 0 Å². The predicted molar refractivity (Wildman–Crippen MR) is 140 cm³/mol. The molecule has 2 aliphatic rings. The fourth-order valence-electron chi connectivity index (χ4n) is 4.77. The molecule has 2 saturated heterocycles. The van der Waals surface area contributed by atoms with Crippen molar-refractivity contribution >= 4 is 45.2 Å². The van der Waals surface area contributed by atoms with E-state index in [0.717, 1.165) is 51.9 Å². The molecule has 0 radical (unpaired) electrons. The van der Waals surface area contributed by atoms with Crippen LogP contribution in [0.25, 0.3) is 21.7 Å². The molecule has 6 rings (SSSR count). The lowest BCUT2D eigenvalue weighted by Gasteiger charge is -2.39. The summed E-state index contributed by atoms with van der Waals surface area (Å²) in [5.41, 5.74) is 3.93. The summed E-state index contributed by atoms with van der Waals surface area (Å²) in [5, 5.41) is 18.0. The smallest absolute Gasteiger partial charge is 0.251 e. The lowest BCUT2D eigenvalue weighted by atomic mass is 9.87. The second-order valence-corrected chi connectivity index (χ2v) is 9.73. The van der Waals surface area contributed by atoms with Gasteiger partial charge in [0.1, 0.15) is 5.54 Å². The van der Waals surface area contributed by atoms with Crippen LogP contribution in [0, 0.1) is 0 Å². The lowest BCUT2D eigenvalue weighted by Crippen LogP contribution is -2.54. The van der Waals surface area contributed by atoms with Gasteiger partial charge in [0, 0.05) is 30.1 Å². The fourth-order valence-corrected chi connectivity index (χ4v) is 5.53. The minimum Gasteiger partial charge on any atom is -0.370 e. The topological polar surface area (TPSA) is 87.1 Å². The number of carbonyl (C=O) groups excluding carboxylic acids is 1. The molecule has 176 valence electrons. The number of hydrogen-bond donors (Lipinski definition) is 3. The third kappa shape index (κ3) is 3.83. The van der Waals surface area contributed by atoms with Gasteiger partial charge in [-0.3, -0.25) is 4.79 Å². The third-order valence-electron chi connectivity index (χ3n) is 6.65. The number of benzene rings is 2. The first-order valence-corrected chi connectivity index (χ1v) is 12.4. The van der Waals surface area contributed by atoms with Gasteiger partial charge in [-0.15, -0.1) is 11.3 Å². The van der Waals surface area contributed by atoms with E-state index < -0.39 is 5.54 Å². The van der Waals surface area contributed by atoms with Crippen molar-refractivity contribution in [3.8, 4) is 5.13 Å². The monoisotopic (exact) mass is 483 g/mol. The Balaban J connectivity index is 1.18. The van der Waals surface area contributed by atoms with Gasteiger partial charge in [0.25, 0.3) is 5.91 Å². The quantitative estimate of drug-likeness (QED) is 0.396. The van der Waals surface area contributed by atoms with Crippen LogP contribution in [0.15, 0.2) is 79.1 Å². The molecule has 0 aliphatic carbocycles. The summed E-state index contributed by atoms with van der Waals surface area (Å²) in [4.78, 5) is 19.5. The molecule has 4 heterocycles. The van der Waals surface area contributed by atoms with Gasteiger partial charge >= 0.3 is 0 Å². The maximum Gasteiger partial charge on any atom is 0.251 e. The minimum atomic E-state index is -0.548. The van der Waals surface area contributed by atoms with Crippen molar-refractivity contribution in [2.45, 2.75) is 18.4 Å². The molecule has 1 amide bonds. The first-order valence-electron chi connectivity index (χ1n) is 11.5. The molecule has 1 spiro atoms. The van der Waals surface area contributed by atoms with Crippen molar-refractivity contribution in [1.29, 1.82) is 0 Å². The molecule has 3 N–H and O–H groups in total. The Morgan fingerprint density at radius 1 is 1.11 bits per heavy atom. The number of carbonyl (C=O) groups is 1. The largest absolute Gasteiger partial charge is 0.370 e. The molecule has 0 saturated carbocycles. The van der Waals surface area contributed by atoms with Crippen LogP contribution in [0.4, 0.5) is 11.4 Å². The highest BCUT2D eigenvalue weighted by Gasteiger charge is 2.46. The SMILES string of the molecule is C=C1NC(=O)C2(CCN(c3ccccc3NC(=C)c3csc(-n4cc5ccccc5n4)n3)CC2)N1. The van der Waals surface area contributed by atoms with Crippen LogP contribution in [0.3, 0.4) is 0 Å². The Hall–Kier alpha value is -4.11. The number of hydrogen-bond acceptors (Lipinski definition) is 7. The first kappa shape index (κ1) is 21.4. The Morgan fingerprint density at radius 3 is 2.66 bits per heavy atom. The van der Waals surface area contributed by atoms with Crippen LogP contribution in [-0.4, -0.2) is 39.3 Å². The zero-order chi connectivity index (χ0) is 24.0. The Morgan fingerprint density at radius 2 is 1.89 bits per heavy atom. The lowest BCUT2D eigenvalue weighted by molar-refractivity contribution is -0.124. The van der Waals surface area contributed by atoms with Crippen LogP contribution < -0.4 is 20.9 Å². The number of anilines is 2. The molecule has 2 aromatic carbocycles. The van der Waals surface area contributed by atoms with Crippen molar-refractivity contribution in [3.05, 3.63) is 84.8 Å². The molecule has 35 heavy (non-hydrogen) atoms. The van der Waals surface area contributed by atoms with E-state index >= 15 is 0 Å². The van der Waals surface area contributed by atoms with Gasteiger partial charge in [0.15, 0.2) is 0 Å². The van der Waals surface area contributed by atoms with E-state index in [1.54, 1.807) is 0 Å². The first-order chi connectivity index (χ1) is 17.0. The highest BCUT2D eigenvalue weighted by molar-refractivity contribution is 7.12. The number of para-hydroxylation sites is 2. The Kier molecular flexibility index (Phi) is 5.07. The van der Waals surface area contributed by atoms with E-state index in [4.69, 9.17) is 4.98 Å². The highest BCUT2D eigenvalue weighted by atomic mass is 32.1. The average Bonchev–Trinajstić information content (AvgIpc) is 3.58. The van der Waals surface area contributed by atoms with Gasteiger partial charge in [-0.25, -0.2) is 9.67 Å². The van der Waals surface area contributed by atoms with Gasteiger partial charge < -0.3 is 20.9 Å². The number of aromatic nitrogens is 3. The summed E-state index contributed by atoms with van der Waals surface area (Å²) < 4.78 is 1.81. The van der Waals surface area contributed by atoms with Crippen molar-refractivity contribution in [2.75, 3.05) is 23.3 Å². The van der Waals surface area contributed by atoms with Gasteiger partial charge in [-0.2, -0.15) is 5.10 Å². The van der Waals surface area contributed by atoms with E-state index in [9.17, 15) is 4.79 Å². The number of nitrogens with zero attached hydrogens (tertiary/aromatic N) is 4. The predicted octanol–water partition coefficient (Wildman–Crippen LogP) is 4.09. The normalized spacial score (nSPS) is 17.0. The van der Waals surface area contributed by atoms with Gasteiger partial charge in [-0.05, 0) is 31.0 Å². The van der Waals surface area contributed by atoms with Crippen LogP contribution in [0.1, 0.15) is 18.5 Å². The summed E-state index contributed by atoms with van der Waals surface area (Å²) in [6.07, 6.45) is 3.41. The molecule has 9 heteroatoms. The fraction of sp³-hybridized carbons (Fsp3) is 0.192. The molecule has 2 aromatic heterocycles. The number of thiazole rings is 1. The zero-order valence-electron chi connectivity index (χ0n) is 19.1. The number of fused-ring (bicyclic) bond motifs is 1. The second-order valence-electron chi connectivity index (χ2n) is 8.90. The van der Waals surface area contributed by atoms with Gasteiger partial charge in [0.2, 0.25) is 5.13 Å². The molecule has 0 unspecified atom stereocenters. The summed E-state index contributed by atoms with van der Waals surface area (Å²) >= 11 is 1.53. The van der Waals surface area contributed by atoms with E-state index in [-0.39, 0.29) is 5.91 Å². The molecule has 4 aromatic rings. The van der Waals surface area contributed by atoms with Crippen LogP contribution in [-0.2, 0) is 4.79 Å². The minimum absolute atomic E-state index is 0.0198. The van der Waals surface area contributed by atoms with Crippen molar-refractivity contribution < 1.29 is 4.79 Å². The van der Waals surface area contributed by atoms with Crippen LogP contribution >= 0.6 is 11.3 Å². The highest BCUT2D eigenvalue weighted by Crippen LogP contribution is 2.34. The van der Waals surface area contributed by atoms with Crippen LogP contribution in [0.2, 0.25) is 0 Å². The molecule has 2 aliphatic heterocycles. The number of piperidine rings is 1. The van der Waals surface area contributed by atoms with E-state index in [0.29, 0.717) is 18.7 Å². The second kappa shape index (κ2) is 8.28. The molecular formula is C26H25N7OS. The summed E-state index contributed by atoms with van der Waals surface area (Å²) in [6, 6.07) is 16.2. The molecule has 0 atom stereocenters. The molecule has 8 nitrogen and oxygen atoms in total. The van der Waals surface area contributed by atoms with E-state index in [2.05, 4.69) is 45.2 Å². The molecule has 0 bridgehead atoms. The van der Waals surface area contributed by atoms with Gasteiger partial charge in [0.05, 0.1) is 34.1 Å².